The van der Waals surface area contributed by atoms with Gasteiger partial charge in [0.25, 0.3) is 0 Å². The van der Waals surface area contributed by atoms with Crippen molar-refractivity contribution in [2.75, 3.05) is 13.7 Å². The molecule has 0 radical (unpaired) electrons. The fourth-order valence-electron chi connectivity index (χ4n) is 2.69. The number of unbranched alkanes of at least 4 members (excludes halogenated alkanes) is 4. The average molecular weight is 271 g/mol. The Hall–Kier alpha value is -0.0800. The molecule has 0 saturated heterocycles. The minimum absolute atomic E-state index is 0.545. The molecule has 0 rings (SSSR count). The molecule has 0 aromatic rings. The lowest BCUT2D eigenvalue weighted by Crippen LogP contribution is -2.41. The van der Waals surface area contributed by atoms with Crippen molar-refractivity contribution in [2.24, 2.45) is 0 Å². The molecule has 0 aliphatic heterocycles. The van der Waals surface area contributed by atoms with Crippen molar-refractivity contribution in [3.63, 3.8) is 0 Å². The summed E-state index contributed by atoms with van der Waals surface area (Å²) < 4.78 is 5.35. The molecule has 0 saturated carbocycles. The maximum absolute atomic E-state index is 5.35. The summed E-state index contributed by atoms with van der Waals surface area (Å²) >= 11 is 0. The van der Waals surface area contributed by atoms with E-state index in [1.54, 1.807) is 0 Å². The summed E-state index contributed by atoms with van der Waals surface area (Å²) in [5, 5.41) is 3.85. The molecule has 0 aromatic heterocycles. The van der Waals surface area contributed by atoms with Gasteiger partial charge in [-0.1, -0.05) is 65.7 Å². The summed E-state index contributed by atoms with van der Waals surface area (Å²) in [6.45, 7) is 7.67. The monoisotopic (exact) mass is 271 g/mol. The molecule has 0 bridgehead atoms. The predicted octanol–water partition coefficient (Wildman–Crippen LogP) is 4.92. The topological polar surface area (TPSA) is 21.3 Å². The van der Waals surface area contributed by atoms with Crippen LogP contribution in [0.25, 0.3) is 0 Å². The fourth-order valence-corrected chi connectivity index (χ4v) is 2.69. The molecule has 0 aliphatic carbocycles. The first-order chi connectivity index (χ1) is 9.28. The van der Waals surface area contributed by atoms with Crippen LogP contribution >= 0.6 is 0 Å². The zero-order valence-corrected chi connectivity index (χ0v) is 13.8. The van der Waals surface area contributed by atoms with E-state index in [9.17, 15) is 0 Å². The lowest BCUT2D eigenvalue weighted by Gasteiger charge is -2.25. The second kappa shape index (κ2) is 14.3. The van der Waals surface area contributed by atoms with E-state index in [0.717, 1.165) is 6.61 Å². The van der Waals surface area contributed by atoms with Gasteiger partial charge in [-0.3, -0.25) is 0 Å². The Morgan fingerprint density at radius 2 is 1.32 bits per heavy atom. The maximum atomic E-state index is 5.35. The summed E-state index contributed by atoms with van der Waals surface area (Å²) in [6.07, 6.45) is 13.2. The van der Waals surface area contributed by atoms with E-state index >= 15 is 0 Å². The van der Waals surface area contributed by atoms with E-state index in [1.165, 1.54) is 64.2 Å². The highest BCUT2D eigenvalue weighted by molar-refractivity contribution is 4.74. The van der Waals surface area contributed by atoms with Crippen LogP contribution in [-0.2, 0) is 4.74 Å². The second-order valence-electron chi connectivity index (χ2n) is 5.80. The summed E-state index contributed by atoms with van der Waals surface area (Å²) in [5.74, 6) is 0. The molecular formula is C17H37NO. The molecule has 19 heavy (non-hydrogen) atoms. The summed E-state index contributed by atoms with van der Waals surface area (Å²) in [6, 6.07) is 1.24. The van der Waals surface area contributed by atoms with Gasteiger partial charge < -0.3 is 10.1 Å². The SMILES string of the molecule is CCCCCC(CCCCC)NC(CCC)COC. The molecule has 0 spiro atoms. The van der Waals surface area contributed by atoms with E-state index in [2.05, 4.69) is 26.1 Å². The van der Waals surface area contributed by atoms with Gasteiger partial charge in [-0.25, -0.2) is 0 Å². The van der Waals surface area contributed by atoms with Gasteiger partial charge in [0.15, 0.2) is 0 Å². The predicted molar refractivity (Wildman–Crippen MR) is 85.8 cm³/mol. The van der Waals surface area contributed by atoms with Gasteiger partial charge >= 0.3 is 0 Å². The molecule has 1 unspecified atom stereocenters. The molecule has 0 amide bonds. The molecule has 0 heterocycles. The Bertz CT molecular complexity index is 157. The molecule has 0 fully saturated rings. The molecule has 0 aliphatic rings. The highest BCUT2D eigenvalue weighted by Gasteiger charge is 2.14. The third kappa shape index (κ3) is 11.4. The molecule has 0 aromatic carbocycles. The van der Waals surface area contributed by atoms with Crippen molar-refractivity contribution in [2.45, 2.75) is 97.1 Å². The van der Waals surface area contributed by atoms with Crippen molar-refractivity contribution in [1.82, 2.24) is 5.32 Å². The van der Waals surface area contributed by atoms with E-state index in [0.29, 0.717) is 12.1 Å². The van der Waals surface area contributed by atoms with Gasteiger partial charge in [0, 0.05) is 19.2 Å². The molecule has 116 valence electrons. The van der Waals surface area contributed by atoms with Crippen molar-refractivity contribution in [3.05, 3.63) is 0 Å². The van der Waals surface area contributed by atoms with Gasteiger partial charge in [0.05, 0.1) is 6.61 Å². The summed E-state index contributed by atoms with van der Waals surface area (Å²) in [4.78, 5) is 0. The quantitative estimate of drug-likeness (QED) is 0.453. The van der Waals surface area contributed by atoms with Crippen LogP contribution in [0.5, 0.6) is 0 Å². The van der Waals surface area contributed by atoms with Gasteiger partial charge in [0.2, 0.25) is 0 Å². The third-order valence-electron chi connectivity index (χ3n) is 3.79. The van der Waals surface area contributed by atoms with Crippen LogP contribution in [0.4, 0.5) is 0 Å². The Balaban J connectivity index is 4.09. The fraction of sp³-hybridized carbons (Fsp3) is 1.00. The molecule has 1 N–H and O–H groups in total. The number of methoxy groups -OCH3 is 1. The first-order valence-electron chi connectivity index (χ1n) is 8.53. The summed E-state index contributed by atoms with van der Waals surface area (Å²) in [7, 11) is 1.81. The van der Waals surface area contributed by atoms with Crippen molar-refractivity contribution < 1.29 is 4.74 Å². The van der Waals surface area contributed by atoms with E-state index in [1.807, 2.05) is 7.11 Å². The van der Waals surface area contributed by atoms with E-state index < -0.39 is 0 Å². The number of hydrogen-bond donors (Lipinski definition) is 1. The van der Waals surface area contributed by atoms with Crippen molar-refractivity contribution >= 4 is 0 Å². The maximum Gasteiger partial charge on any atom is 0.0615 e. The number of rotatable bonds is 14. The van der Waals surface area contributed by atoms with Crippen molar-refractivity contribution in [1.29, 1.82) is 0 Å². The largest absolute Gasteiger partial charge is 0.383 e. The van der Waals surface area contributed by atoms with Crippen LogP contribution in [0.1, 0.15) is 85.0 Å². The number of ether oxygens (including phenoxy) is 1. The average Bonchev–Trinajstić information content (AvgIpc) is 2.39. The smallest absolute Gasteiger partial charge is 0.0615 e. The highest BCUT2D eigenvalue weighted by Crippen LogP contribution is 2.13. The van der Waals surface area contributed by atoms with Crippen LogP contribution in [0.15, 0.2) is 0 Å². The lowest BCUT2D eigenvalue weighted by molar-refractivity contribution is 0.153. The number of hydrogen-bond acceptors (Lipinski definition) is 2. The van der Waals surface area contributed by atoms with E-state index in [4.69, 9.17) is 4.74 Å². The van der Waals surface area contributed by atoms with E-state index in [-0.39, 0.29) is 0 Å². The zero-order chi connectivity index (χ0) is 14.3. The van der Waals surface area contributed by atoms with Gasteiger partial charge in [0.1, 0.15) is 0 Å². The zero-order valence-electron chi connectivity index (χ0n) is 13.8. The third-order valence-corrected chi connectivity index (χ3v) is 3.79. The highest BCUT2D eigenvalue weighted by atomic mass is 16.5. The van der Waals surface area contributed by atoms with Crippen LogP contribution in [0.3, 0.4) is 0 Å². The summed E-state index contributed by atoms with van der Waals surface area (Å²) in [5.41, 5.74) is 0. The minimum atomic E-state index is 0.545. The Morgan fingerprint density at radius 3 is 1.74 bits per heavy atom. The second-order valence-corrected chi connectivity index (χ2v) is 5.80. The van der Waals surface area contributed by atoms with Crippen LogP contribution < -0.4 is 5.32 Å². The Labute approximate surface area is 121 Å². The molecule has 2 heteroatoms. The lowest BCUT2D eigenvalue weighted by atomic mass is 10.0. The minimum Gasteiger partial charge on any atom is -0.383 e. The Morgan fingerprint density at radius 1 is 0.737 bits per heavy atom. The van der Waals surface area contributed by atoms with Gasteiger partial charge in [-0.05, 0) is 19.3 Å². The Kier molecular flexibility index (Phi) is 14.3. The standard InChI is InChI=1S/C17H37NO/c1-5-8-10-13-16(14-11-9-6-2)18-17(12-7-3)15-19-4/h16-18H,5-15H2,1-4H3. The first-order valence-corrected chi connectivity index (χ1v) is 8.53. The molecule has 1 atom stereocenters. The molecule has 2 nitrogen and oxygen atoms in total. The van der Waals surface area contributed by atoms with Crippen LogP contribution in [-0.4, -0.2) is 25.8 Å². The first kappa shape index (κ1) is 18.9. The van der Waals surface area contributed by atoms with Gasteiger partial charge in [-0.15, -0.1) is 0 Å². The van der Waals surface area contributed by atoms with Crippen LogP contribution in [0.2, 0.25) is 0 Å². The number of nitrogens with one attached hydrogen (secondary N) is 1. The normalized spacial score (nSPS) is 13.1. The van der Waals surface area contributed by atoms with Gasteiger partial charge in [-0.2, -0.15) is 0 Å². The van der Waals surface area contributed by atoms with Crippen molar-refractivity contribution in [3.8, 4) is 0 Å². The van der Waals surface area contributed by atoms with Crippen LogP contribution in [0, 0.1) is 0 Å². The molecular weight excluding hydrogens is 234 g/mol.